The van der Waals surface area contributed by atoms with E-state index in [1.165, 1.54) is 186 Å². The van der Waals surface area contributed by atoms with Gasteiger partial charge in [0.25, 0.3) is 0 Å². The summed E-state index contributed by atoms with van der Waals surface area (Å²) in [6, 6.07) is 0. The van der Waals surface area contributed by atoms with E-state index in [1.807, 2.05) is 0 Å². The summed E-state index contributed by atoms with van der Waals surface area (Å²) in [7, 11) is 0. The summed E-state index contributed by atoms with van der Waals surface area (Å²) in [5.41, 5.74) is 0. The van der Waals surface area contributed by atoms with E-state index in [0.717, 1.165) is 122 Å². The van der Waals surface area contributed by atoms with Gasteiger partial charge in [-0.25, -0.2) is 0 Å². The Morgan fingerprint density at radius 1 is 0.263 bits per heavy atom. The van der Waals surface area contributed by atoms with Crippen LogP contribution in [0.2, 0.25) is 0 Å². The van der Waals surface area contributed by atoms with Crippen LogP contribution >= 0.6 is 0 Å². The summed E-state index contributed by atoms with van der Waals surface area (Å²) in [4.78, 5) is 38.3. The molecular weight excluding hydrogens is 985 g/mol. The molecule has 0 saturated carbocycles. The minimum absolute atomic E-state index is 0.0854. The highest BCUT2D eigenvalue weighted by molar-refractivity contribution is 5.71. The lowest BCUT2D eigenvalue weighted by Crippen LogP contribution is -2.30. The number of allylic oxidation sites excluding steroid dienone is 14. The first-order valence-corrected chi connectivity index (χ1v) is 34.6. The summed E-state index contributed by atoms with van der Waals surface area (Å²) in [6.45, 7) is 6.49. The molecule has 0 rings (SSSR count). The molecule has 0 radical (unpaired) electrons. The molecule has 80 heavy (non-hydrogen) atoms. The molecular formula is C74H130O6. The fourth-order valence-electron chi connectivity index (χ4n) is 9.92. The van der Waals surface area contributed by atoms with Gasteiger partial charge >= 0.3 is 17.9 Å². The number of carbonyl (C=O) groups is 3. The third-order valence-electron chi connectivity index (χ3n) is 15.1. The second-order valence-electron chi connectivity index (χ2n) is 23.1. The quantitative estimate of drug-likeness (QED) is 0.0261. The number of hydrogen-bond donors (Lipinski definition) is 0. The summed E-state index contributed by atoms with van der Waals surface area (Å²) in [5.74, 6) is -0.903. The zero-order chi connectivity index (χ0) is 57.8. The van der Waals surface area contributed by atoms with Crippen LogP contribution in [0, 0.1) is 0 Å². The van der Waals surface area contributed by atoms with E-state index in [-0.39, 0.29) is 31.1 Å². The Balaban J connectivity index is 4.14. The molecule has 0 aliphatic carbocycles. The van der Waals surface area contributed by atoms with Gasteiger partial charge in [-0.05, 0) is 109 Å². The Kier molecular flexibility index (Phi) is 65.2. The van der Waals surface area contributed by atoms with Gasteiger partial charge in [-0.15, -0.1) is 0 Å². The molecule has 0 aromatic heterocycles. The first-order valence-electron chi connectivity index (χ1n) is 34.6. The third kappa shape index (κ3) is 65.4. The maximum atomic E-state index is 12.9. The van der Waals surface area contributed by atoms with Crippen molar-refractivity contribution in [2.45, 2.75) is 354 Å². The van der Waals surface area contributed by atoms with E-state index >= 15 is 0 Å². The van der Waals surface area contributed by atoms with Crippen molar-refractivity contribution < 1.29 is 28.6 Å². The molecule has 0 amide bonds. The highest BCUT2D eigenvalue weighted by atomic mass is 16.6. The molecule has 6 heteroatoms. The number of esters is 3. The smallest absolute Gasteiger partial charge is 0.306 e. The Morgan fingerprint density at radius 3 is 0.800 bits per heavy atom. The molecule has 462 valence electrons. The highest BCUT2D eigenvalue weighted by Crippen LogP contribution is 2.17. The molecule has 1 unspecified atom stereocenters. The fraction of sp³-hybridized carbons (Fsp3) is 0.770. The van der Waals surface area contributed by atoms with E-state index in [2.05, 4.69) is 106 Å². The summed E-state index contributed by atoms with van der Waals surface area (Å²) < 4.78 is 16.9. The number of ether oxygens (including phenoxy) is 3. The third-order valence-corrected chi connectivity index (χ3v) is 15.1. The van der Waals surface area contributed by atoms with Crippen molar-refractivity contribution in [1.29, 1.82) is 0 Å². The van der Waals surface area contributed by atoms with Gasteiger partial charge in [0.1, 0.15) is 13.2 Å². The van der Waals surface area contributed by atoms with Gasteiger partial charge in [-0.1, -0.05) is 305 Å². The molecule has 0 N–H and O–H groups in total. The summed E-state index contributed by atoms with van der Waals surface area (Å²) in [5, 5.41) is 0. The molecule has 0 bridgehead atoms. The Labute approximate surface area is 496 Å². The Hall–Kier alpha value is -3.41. The van der Waals surface area contributed by atoms with Crippen LogP contribution < -0.4 is 0 Å². The van der Waals surface area contributed by atoms with Gasteiger partial charge in [-0.2, -0.15) is 0 Å². The van der Waals surface area contributed by atoms with Crippen LogP contribution in [-0.2, 0) is 28.6 Å². The molecule has 0 aliphatic heterocycles. The first kappa shape index (κ1) is 76.6. The van der Waals surface area contributed by atoms with Crippen LogP contribution in [0.5, 0.6) is 0 Å². The summed E-state index contributed by atoms with van der Waals surface area (Å²) in [6.07, 6.45) is 90.5. The lowest BCUT2D eigenvalue weighted by molar-refractivity contribution is -0.167. The van der Waals surface area contributed by atoms with Crippen LogP contribution in [0.1, 0.15) is 348 Å². The molecule has 0 aromatic carbocycles. The average molecular weight is 1120 g/mol. The van der Waals surface area contributed by atoms with Gasteiger partial charge in [-0.3, -0.25) is 14.4 Å². The van der Waals surface area contributed by atoms with Crippen molar-refractivity contribution in [1.82, 2.24) is 0 Å². The maximum Gasteiger partial charge on any atom is 0.306 e. The molecule has 0 aliphatic rings. The number of carbonyl (C=O) groups excluding carboxylic acids is 3. The van der Waals surface area contributed by atoms with E-state index in [9.17, 15) is 14.4 Å². The van der Waals surface area contributed by atoms with Gasteiger partial charge < -0.3 is 14.2 Å². The number of rotatable bonds is 63. The number of unbranched alkanes of at least 4 members (excludes halogenated alkanes) is 38. The van der Waals surface area contributed by atoms with E-state index < -0.39 is 6.10 Å². The lowest BCUT2D eigenvalue weighted by Gasteiger charge is -2.18. The second-order valence-corrected chi connectivity index (χ2v) is 23.1. The SMILES string of the molecule is CC/C=C\C/C=C\C/C=C\CCCCCCCC(=O)OC(COC(=O)CCCCCCC/C=C\C/C=C\CCCC)COC(=O)CCCCCCCCCCCCCCCCCCCCCCC/C=C\C/C=C\CCCCCCC. The Bertz CT molecular complexity index is 1520. The predicted octanol–water partition coefficient (Wildman–Crippen LogP) is 23.8. The van der Waals surface area contributed by atoms with Crippen LogP contribution in [0.3, 0.4) is 0 Å². The lowest BCUT2D eigenvalue weighted by atomic mass is 10.0. The molecule has 0 spiro atoms. The minimum atomic E-state index is -0.791. The molecule has 0 heterocycles. The molecule has 0 saturated heterocycles. The van der Waals surface area contributed by atoms with Crippen LogP contribution in [0.15, 0.2) is 85.1 Å². The normalized spacial score (nSPS) is 12.6. The Morgan fingerprint density at radius 2 is 0.500 bits per heavy atom. The highest BCUT2D eigenvalue weighted by Gasteiger charge is 2.19. The maximum absolute atomic E-state index is 12.9. The van der Waals surface area contributed by atoms with Gasteiger partial charge in [0, 0.05) is 19.3 Å². The van der Waals surface area contributed by atoms with E-state index in [1.54, 1.807) is 0 Å². The van der Waals surface area contributed by atoms with Gasteiger partial charge in [0.15, 0.2) is 6.10 Å². The molecule has 1 atom stereocenters. The van der Waals surface area contributed by atoms with Crippen molar-refractivity contribution in [3.05, 3.63) is 85.1 Å². The fourth-order valence-corrected chi connectivity index (χ4v) is 9.92. The predicted molar refractivity (Wildman–Crippen MR) is 348 cm³/mol. The number of hydrogen-bond acceptors (Lipinski definition) is 6. The monoisotopic (exact) mass is 1110 g/mol. The zero-order valence-electron chi connectivity index (χ0n) is 53.1. The molecule has 6 nitrogen and oxygen atoms in total. The van der Waals surface area contributed by atoms with Crippen molar-refractivity contribution in [2.75, 3.05) is 13.2 Å². The topological polar surface area (TPSA) is 78.9 Å². The van der Waals surface area contributed by atoms with Crippen LogP contribution in [0.25, 0.3) is 0 Å². The van der Waals surface area contributed by atoms with Crippen molar-refractivity contribution >= 4 is 17.9 Å². The van der Waals surface area contributed by atoms with Crippen molar-refractivity contribution in [2.24, 2.45) is 0 Å². The van der Waals surface area contributed by atoms with Crippen molar-refractivity contribution in [3.63, 3.8) is 0 Å². The van der Waals surface area contributed by atoms with E-state index in [4.69, 9.17) is 14.2 Å². The summed E-state index contributed by atoms with van der Waals surface area (Å²) >= 11 is 0. The second kappa shape index (κ2) is 68.1. The van der Waals surface area contributed by atoms with Crippen molar-refractivity contribution in [3.8, 4) is 0 Å². The molecule has 0 aromatic rings. The van der Waals surface area contributed by atoms with Gasteiger partial charge in [0.05, 0.1) is 0 Å². The minimum Gasteiger partial charge on any atom is -0.462 e. The van der Waals surface area contributed by atoms with E-state index in [0.29, 0.717) is 19.3 Å². The average Bonchev–Trinajstić information content (AvgIpc) is 3.46. The zero-order valence-corrected chi connectivity index (χ0v) is 53.1. The van der Waals surface area contributed by atoms with Crippen LogP contribution in [-0.4, -0.2) is 37.2 Å². The largest absolute Gasteiger partial charge is 0.462 e. The van der Waals surface area contributed by atoms with Gasteiger partial charge in [0.2, 0.25) is 0 Å². The van der Waals surface area contributed by atoms with Crippen LogP contribution in [0.4, 0.5) is 0 Å². The molecule has 0 fully saturated rings. The first-order chi connectivity index (χ1) is 39.5. The standard InChI is InChI=1S/C74H130O6/c1-4-7-10-13-16-19-22-25-28-29-30-31-32-33-34-35-36-37-38-39-40-41-42-43-44-45-47-49-52-55-58-61-64-67-73(76)79-70-71(69-78-72(75)66-63-60-57-54-51-48-27-24-21-18-15-12-9-6-3)80-74(77)68-65-62-59-56-53-50-46-26-23-20-17-14-11-8-5-2/h8,11,15,17-18,20,22,24-27,29-30,46,71H,4-7,9-10,12-14,16,19,21,23,28,31-45,47-70H2,1-3H3/b11-8-,18-15-,20-17-,25-22-,27-24-,30-29-,46-26-.